The predicted molar refractivity (Wildman–Crippen MR) is 91.1 cm³/mol. The Labute approximate surface area is 135 Å². The molecule has 21 heavy (non-hydrogen) atoms. The molecule has 1 atom stereocenters. The molecular weight excluding hydrogens is 302 g/mol. The highest BCUT2D eigenvalue weighted by Crippen LogP contribution is 2.26. The Kier molecular flexibility index (Phi) is 5.73. The molecule has 0 saturated carbocycles. The Bertz CT molecular complexity index is 592. The maximum atomic E-state index is 6.39. The van der Waals surface area contributed by atoms with Crippen LogP contribution < -0.4 is 5.73 Å². The van der Waals surface area contributed by atoms with Gasteiger partial charge in [-0.15, -0.1) is 11.8 Å². The highest BCUT2D eigenvalue weighted by atomic mass is 35.5. The van der Waals surface area contributed by atoms with E-state index in [1.165, 1.54) is 4.90 Å². The monoisotopic (exact) mass is 323 g/mol. The number of thioether (sulfide) groups is 1. The van der Waals surface area contributed by atoms with Crippen molar-refractivity contribution in [2.24, 2.45) is 12.8 Å². The minimum atomic E-state index is -0.0664. The van der Waals surface area contributed by atoms with Gasteiger partial charge in [0.2, 0.25) is 0 Å². The van der Waals surface area contributed by atoms with E-state index in [1.807, 2.05) is 23.5 Å². The van der Waals surface area contributed by atoms with Crippen LogP contribution in [-0.4, -0.2) is 15.5 Å². The van der Waals surface area contributed by atoms with E-state index in [4.69, 9.17) is 17.3 Å². The smallest absolute Gasteiger partial charge is 0.0850 e. The van der Waals surface area contributed by atoms with E-state index in [-0.39, 0.29) is 6.04 Å². The summed E-state index contributed by atoms with van der Waals surface area (Å²) in [4.78, 5) is 1.28. The lowest BCUT2D eigenvalue weighted by Gasteiger charge is -2.13. The Hall–Kier alpha value is -0.970. The molecule has 0 aliphatic carbocycles. The molecule has 1 heterocycles. The number of nitrogens with two attached hydrogens (primary N) is 1. The average molecular weight is 324 g/mol. The molecule has 0 aliphatic rings. The molecule has 1 unspecified atom stereocenters. The zero-order valence-corrected chi connectivity index (χ0v) is 14.3. The van der Waals surface area contributed by atoms with E-state index in [0.717, 1.165) is 34.1 Å². The average Bonchev–Trinajstić information content (AvgIpc) is 2.75. The molecular formula is C16H22ClN3S. The number of benzene rings is 1. The number of nitrogens with zero attached hydrogens (tertiary/aromatic N) is 2. The van der Waals surface area contributed by atoms with E-state index in [9.17, 15) is 0 Å². The number of hydrogen-bond acceptors (Lipinski definition) is 3. The Morgan fingerprint density at radius 3 is 2.48 bits per heavy atom. The molecule has 0 radical (unpaired) electrons. The van der Waals surface area contributed by atoms with E-state index in [1.54, 1.807) is 0 Å². The first-order valence-corrected chi connectivity index (χ1v) is 8.61. The Balaban J connectivity index is 2.14. The molecule has 2 rings (SSSR count). The summed E-state index contributed by atoms with van der Waals surface area (Å²) in [7, 11) is 1.92. The van der Waals surface area contributed by atoms with Crippen LogP contribution in [0.2, 0.25) is 5.02 Å². The van der Waals surface area contributed by atoms with E-state index >= 15 is 0 Å². The van der Waals surface area contributed by atoms with E-state index in [2.05, 4.69) is 43.2 Å². The van der Waals surface area contributed by atoms with Gasteiger partial charge < -0.3 is 5.73 Å². The van der Waals surface area contributed by atoms with Gasteiger partial charge in [-0.05, 0) is 29.9 Å². The van der Waals surface area contributed by atoms with E-state index < -0.39 is 0 Å². The van der Waals surface area contributed by atoms with Gasteiger partial charge in [0.15, 0.2) is 0 Å². The fourth-order valence-electron chi connectivity index (χ4n) is 2.35. The molecule has 0 amide bonds. The molecule has 1 aromatic heterocycles. The maximum Gasteiger partial charge on any atom is 0.0850 e. The van der Waals surface area contributed by atoms with Crippen molar-refractivity contribution in [1.29, 1.82) is 0 Å². The van der Waals surface area contributed by atoms with Crippen molar-refractivity contribution in [2.75, 3.05) is 5.75 Å². The van der Waals surface area contributed by atoms with Gasteiger partial charge in [-0.3, -0.25) is 4.68 Å². The van der Waals surface area contributed by atoms with Crippen molar-refractivity contribution in [3.05, 3.63) is 46.2 Å². The van der Waals surface area contributed by atoms with Gasteiger partial charge in [0.25, 0.3) is 0 Å². The largest absolute Gasteiger partial charge is 0.324 e. The first-order chi connectivity index (χ1) is 10.1. The summed E-state index contributed by atoms with van der Waals surface area (Å²) in [6, 6.07) is 8.40. The lowest BCUT2D eigenvalue weighted by Crippen LogP contribution is -2.15. The third-order valence-corrected chi connectivity index (χ3v) is 4.87. The van der Waals surface area contributed by atoms with Gasteiger partial charge >= 0.3 is 0 Å². The van der Waals surface area contributed by atoms with Gasteiger partial charge in [0, 0.05) is 24.4 Å². The van der Waals surface area contributed by atoms with Crippen LogP contribution in [0.1, 0.15) is 36.8 Å². The normalized spacial score (nSPS) is 12.6. The lowest BCUT2D eigenvalue weighted by atomic mass is 10.0. The number of aryl methyl sites for hydroxylation is 2. The minimum Gasteiger partial charge on any atom is -0.324 e. The predicted octanol–water partition coefficient (Wildman–Crippen LogP) is 3.99. The SMILES string of the molecule is CCSc1ccc(C(N)Cc2c(Cl)c(CC)nn2C)cc1. The third kappa shape index (κ3) is 3.82. The first-order valence-electron chi connectivity index (χ1n) is 7.25. The highest BCUT2D eigenvalue weighted by molar-refractivity contribution is 7.99. The Morgan fingerprint density at radius 2 is 1.95 bits per heavy atom. The molecule has 1 aromatic carbocycles. The molecule has 2 N–H and O–H groups in total. The number of aromatic nitrogens is 2. The Morgan fingerprint density at radius 1 is 1.29 bits per heavy atom. The van der Waals surface area contributed by atoms with Crippen molar-refractivity contribution in [2.45, 2.75) is 37.6 Å². The van der Waals surface area contributed by atoms with Crippen LogP contribution >= 0.6 is 23.4 Å². The summed E-state index contributed by atoms with van der Waals surface area (Å²) < 4.78 is 1.85. The van der Waals surface area contributed by atoms with Crippen LogP contribution in [0.3, 0.4) is 0 Å². The van der Waals surface area contributed by atoms with Gasteiger partial charge in [0.05, 0.1) is 16.4 Å². The standard InChI is InChI=1S/C16H22ClN3S/c1-4-14-16(17)15(20(3)19-14)10-13(18)11-6-8-12(9-7-11)21-5-2/h6-9,13H,4-5,10,18H2,1-3H3. The molecule has 0 fully saturated rings. The maximum absolute atomic E-state index is 6.39. The fraction of sp³-hybridized carbons (Fsp3) is 0.438. The zero-order valence-electron chi connectivity index (χ0n) is 12.8. The molecule has 0 saturated heterocycles. The van der Waals surface area contributed by atoms with Crippen molar-refractivity contribution in [3.8, 4) is 0 Å². The molecule has 0 spiro atoms. The summed E-state index contributed by atoms with van der Waals surface area (Å²) in [5.74, 6) is 1.08. The second-order valence-electron chi connectivity index (χ2n) is 5.00. The highest BCUT2D eigenvalue weighted by Gasteiger charge is 2.16. The topological polar surface area (TPSA) is 43.8 Å². The summed E-state index contributed by atoms with van der Waals surface area (Å²) in [5.41, 5.74) is 9.41. The van der Waals surface area contributed by atoms with Gasteiger partial charge in [-0.1, -0.05) is 37.6 Å². The van der Waals surface area contributed by atoms with Gasteiger partial charge in [-0.25, -0.2) is 0 Å². The van der Waals surface area contributed by atoms with Crippen LogP contribution in [0.15, 0.2) is 29.2 Å². The minimum absolute atomic E-state index is 0.0664. The van der Waals surface area contributed by atoms with E-state index in [0.29, 0.717) is 6.42 Å². The van der Waals surface area contributed by atoms with Crippen LogP contribution in [0, 0.1) is 0 Å². The van der Waals surface area contributed by atoms with Crippen LogP contribution in [0.5, 0.6) is 0 Å². The van der Waals surface area contributed by atoms with Crippen molar-refractivity contribution >= 4 is 23.4 Å². The quantitative estimate of drug-likeness (QED) is 0.817. The van der Waals surface area contributed by atoms with Crippen LogP contribution in [0.4, 0.5) is 0 Å². The summed E-state index contributed by atoms with van der Waals surface area (Å²) in [5, 5.41) is 5.20. The van der Waals surface area contributed by atoms with Gasteiger partial charge in [-0.2, -0.15) is 5.10 Å². The van der Waals surface area contributed by atoms with Crippen molar-refractivity contribution in [1.82, 2.24) is 9.78 Å². The summed E-state index contributed by atoms with van der Waals surface area (Å²) in [6.45, 7) is 4.21. The second kappa shape index (κ2) is 7.34. The first kappa shape index (κ1) is 16.4. The third-order valence-electron chi connectivity index (χ3n) is 3.54. The number of halogens is 1. The summed E-state index contributed by atoms with van der Waals surface area (Å²) >= 11 is 8.22. The molecule has 0 aliphatic heterocycles. The number of rotatable bonds is 6. The zero-order chi connectivity index (χ0) is 15.4. The van der Waals surface area contributed by atoms with Crippen LogP contribution in [0.25, 0.3) is 0 Å². The van der Waals surface area contributed by atoms with Gasteiger partial charge in [0.1, 0.15) is 0 Å². The molecule has 2 aromatic rings. The lowest BCUT2D eigenvalue weighted by molar-refractivity contribution is 0.638. The molecule has 3 nitrogen and oxygen atoms in total. The van der Waals surface area contributed by atoms with Crippen molar-refractivity contribution in [3.63, 3.8) is 0 Å². The summed E-state index contributed by atoms with van der Waals surface area (Å²) in [6.07, 6.45) is 1.54. The molecule has 0 bridgehead atoms. The number of hydrogen-bond donors (Lipinski definition) is 1. The molecule has 5 heteroatoms. The molecule has 114 valence electrons. The second-order valence-corrected chi connectivity index (χ2v) is 6.71. The van der Waals surface area contributed by atoms with Crippen LogP contribution in [-0.2, 0) is 19.9 Å². The van der Waals surface area contributed by atoms with Crippen molar-refractivity contribution < 1.29 is 0 Å². The fourth-order valence-corrected chi connectivity index (χ4v) is 3.38.